The van der Waals surface area contributed by atoms with Crippen molar-refractivity contribution in [2.75, 3.05) is 13.2 Å². The van der Waals surface area contributed by atoms with Crippen LogP contribution in [0.4, 0.5) is 0 Å². The second kappa shape index (κ2) is 3.46. The molecule has 3 N–H and O–H groups in total. The predicted molar refractivity (Wildman–Crippen MR) is 57.3 cm³/mol. The molecule has 1 aliphatic heterocycles. The molecule has 4 heteroatoms. The first kappa shape index (κ1) is 10.9. The topological polar surface area (TPSA) is 64.4 Å². The summed E-state index contributed by atoms with van der Waals surface area (Å²) in [4.78, 5) is 12.0. The average molecular weight is 212 g/mol. The highest BCUT2D eigenvalue weighted by atomic mass is 16.5. The van der Waals surface area contributed by atoms with Gasteiger partial charge in [0.05, 0.1) is 5.54 Å². The van der Waals surface area contributed by atoms with E-state index in [1.165, 1.54) is 0 Å². The van der Waals surface area contributed by atoms with Crippen molar-refractivity contribution < 1.29 is 9.53 Å². The van der Waals surface area contributed by atoms with Crippen LogP contribution >= 0.6 is 0 Å². The van der Waals surface area contributed by atoms with Crippen LogP contribution in [0, 0.1) is 5.41 Å². The molecule has 1 saturated carbocycles. The van der Waals surface area contributed by atoms with E-state index in [1.807, 2.05) is 0 Å². The summed E-state index contributed by atoms with van der Waals surface area (Å²) >= 11 is 0. The number of hydrogen-bond acceptors (Lipinski definition) is 3. The van der Waals surface area contributed by atoms with Gasteiger partial charge in [-0.3, -0.25) is 4.79 Å². The fourth-order valence-electron chi connectivity index (χ4n) is 1.98. The van der Waals surface area contributed by atoms with Crippen LogP contribution in [0.1, 0.15) is 33.1 Å². The number of rotatable bonds is 2. The van der Waals surface area contributed by atoms with E-state index in [-0.39, 0.29) is 11.3 Å². The van der Waals surface area contributed by atoms with E-state index in [2.05, 4.69) is 19.2 Å². The van der Waals surface area contributed by atoms with Crippen LogP contribution in [0.15, 0.2) is 0 Å². The van der Waals surface area contributed by atoms with E-state index in [1.54, 1.807) is 0 Å². The van der Waals surface area contributed by atoms with Crippen LogP contribution in [0.2, 0.25) is 0 Å². The number of amides is 1. The van der Waals surface area contributed by atoms with Gasteiger partial charge in [-0.25, -0.2) is 0 Å². The molecule has 15 heavy (non-hydrogen) atoms. The number of hydrogen-bond donors (Lipinski definition) is 2. The molecule has 1 aliphatic carbocycles. The first-order valence-electron chi connectivity index (χ1n) is 5.62. The van der Waals surface area contributed by atoms with Gasteiger partial charge in [0, 0.05) is 19.3 Å². The Kier molecular flexibility index (Phi) is 2.51. The molecule has 0 spiro atoms. The third-order valence-corrected chi connectivity index (χ3v) is 3.66. The fourth-order valence-corrected chi connectivity index (χ4v) is 1.98. The number of nitrogens with one attached hydrogen (secondary N) is 1. The Hall–Kier alpha value is -0.610. The lowest BCUT2D eigenvalue weighted by atomic mass is 9.90. The highest BCUT2D eigenvalue weighted by Crippen LogP contribution is 2.44. The Bertz CT molecular complexity index is 270. The molecule has 0 bridgehead atoms. The number of nitrogens with two attached hydrogens (primary N) is 1. The summed E-state index contributed by atoms with van der Waals surface area (Å²) in [5, 5.41) is 3.03. The summed E-state index contributed by atoms with van der Waals surface area (Å²) < 4.78 is 5.22. The van der Waals surface area contributed by atoms with Gasteiger partial charge >= 0.3 is 0 Å². The summed E-state index contributed by atoms with van der Waals surface area (Å²) in [7, 11) is 0. The zero-order valence-electron chi connectivity index (χ0n) is 9.51. The normalized spacial score (nSPS) is 32.1. The quantitative estimate of drug-likeness (QED) is 0.696. The molecule has 1 amide bonds. The Morgan fingerprint density at radius 3 is 2.40 bits per heavy atom. The lowest BCUT2D eigenvalue weighted by Gasteiger charge is -2.32. The van der Waals surface area contributed by atoms with Crippen LogP contribution in [-0.4, -0.2) is 30.7 Å². The van der Waals surface area contributed by atoms with Gasteiger partial charge in [0.1, 0.15) is 0 Å². The third-order valence-electron chi connectivity index (χ3n) is 3.66. The molecule has 2 aliphatic rings. The first-order valence-corrected chi connectivity index (χ1v) is 5.62. The predicted octanol–water partition coefficient (Wildman–Crippen LogP) is 0.409. The molecule has 0 radical (unpaired) electrons. The van der Waals surface area contributed by atoms with Crippen molar-refractivity contribution in [3.8, 4) is 0 Å². The zero-order valence-corrected chi connectivity index (χ0v) is 9.51. The monoisotopic (exact) mass is 212 g/mol. The highest BCUT2D eigenvalue weighted by molar-refractivity contribution is 5.86. The second-order valence-corrected chi connectivity index (χ2v) is 5.49. The Labute approximate surface area is 90.5 Å². The van der Waals surface area contributed by atoms with Crippen LogP contribution in [0.25, 0.3) is 0 Å². The fraction of sp³-hybridized carbons (Fsp3) is 0.909. The smallest absolute Gasteiger partial charge is 0.240 e. The van der Waals surface area contributed by atoms with Crippen molar-refractivity contribution in [1.29, 1.82) is 0 Å². The minimum absolute atomic E-state index is 0.00127. The maximum absolute atomic E-state index is 12.0. The van der Waals surface area contributed by atoms with Crippen molar-refractivity contribution in [3.05, 3.63) is 0 Å². The van der Waals surface area contributed by atoms with E-state index in [0.29, 0.717) is 32.1 Å². The van der Waals surface area contributed by atoms with E-state index in [0.717, 1.165) is 6.42 Å². The molecule has 2 fully saturated rings. The largest absolute Gasteiger partial charge is 0.381 e. The van der Waals surface area contributed by atoms with Crippen molar-refractivity contribution in [3.63, 3.8) is 0 Å². The molecule has 86 valence electrons. The van der Waals surface area contributed by atoms with E-state index >= 15 is 0 Å². The van der Waals surface area contributed by atoms with E-state index < -0.39 is 5.54 Å². The van der Waals surface area contributed by atoms with E-state index in [4.69, 9.17) is 10.5 Å². The van der Waals surface area contributed by atoms with Crippen molar-refractivity contribution in [2.45, 2.75) is 44.7 Å². The van der Waals surface area contributed by atoms with Gasteiger partial charge in [0.2, 0.25) is 5.91 Å². The molecule has 2 rings (SSSR count). The lowest BCUT2D eigenvalue weighted by molar-refractivity contribution is -0.130. The zero-order chi connectivity index (χ0) is 11.1. The van der Waals surface area contributed by atoms with Crippen molar-refractivity contribution >= 4 is 5.91 Å². The SMILES string of the molecule is CC1(C)CC1NC(=O)C1(N)CCOCC1. The maximum Gasteiger partial charge on any atom is 0.240 e. The van der Waals surface area contributed by atoms with Gasteiger partial charge in [-0.2, -0.15) is 0 Å². The van der Waals surface area contributed by atoms with Crippen LogP contribution in [0.3, 0.4) is 0 Å². The van der Waals surface area contributed by atoms with Gasteiger partial charge in [-0.05, 0) is 24.7 Å². The summed E-state index contributed by atoms with van der Waals surface area (Å²) in [5.74, 6) is 0.00127. The van der Waals surface area contributed by atoms with E-state index in [9.17, 15) is 4.79 Å². The first-order chi connectivity index (χ1) is 6.94. The van der Waals surface area contributed by atoms with Gasteiger partial charge in [-0.1, -0.05) is 13.8 Å². The Balaban J connectivity index is 1.90. The highest BCUT2D eigenvalue weighted by Gasteiger charge is 2.48. The number of carbonyl (C=O) groups excluding carboxylic acids is 1. The molecule has 0 aromatic rings. The lowest BCUT2D eigenvalue weighted by Crippen LogP contribution is -2.57. The molecule has 0 aromatic heterocycles. The Morgan fingerprint density at radius 1 is 1.40 bits per heavy atom. The van der Waals surface area contributed by atoms with Gasteiger partial charge < -0.3 is 15.8 Å². The summed E-state index contributed by atoms with van der Waals surface area (Å²) in [5.41, 5.74) is 5.64. The molecular weight excluding hydrogens is 192 g/mol. The van der Waals surface area contributed by atoms with Gasteiger partial charge in [-0.15, -0.1) is 0 Å². The summed E-state index contributed by atoms with van der Waals surface area (Å²) in [6.45, 7) is 5.51. The van der Waals surface area contributed by atoms with Crippen LogP contribution in [0.5, 0.6) is 0 Å². The average Bonchev–Trinajstić information content (AvgIpc) is 2.75. The summed E-state index contributed by atoms with van der Waals surface area (Å²) in [6, 6.07) is 0.313. The van der Waals surface area contributed by atoms with Crippen molar-refractivity contribution in [1.82, 2.24) is 5.32 Å². The molecule has 4 nitrogen and oxygen atoms in total. The molecular formula is C11H20N2O2. The minimum Gasteiger partial charge on any atom is -0.381 e. The van der Waals surface area contributed by atoms with Crippen LogP contribution in [-0.2, 0) is 9.53 Å². The molecule has 1 unspecified atom stereocenters. The molecule has 1 atom stereocenters. The standard InChI is InChI=1S/C11H20N2O2/c1-10(2)7-8(10)13-9(14)11(12)3-5-15-6-4-11/h8H,3-7,12H2,1-2H3,(H,13,14). The van der Waals surface area contributed by atoms with Crippen molar-refractivity contribution in [2.24, 2.45) is 11.1 Å². The van der Waals surface area contributed by atoms with Gasteiger partial charge in [0.15, 0.2) is 0 Å². The number of carbonyl (C=O) groups is 1. The molecule has 1 saturated heterocycles. The molecule has 0 aromatic carbocycles. The summed E-state index contributed by atoms with van der Waals surface area (Å²) in [6.07, 6.45) is 2.32. The van der Waals surface area contributed by atoms with Crippen LogP contribution < -0.4 is 11.1 Å². The second-order valence-electron chi connectivity index (χ2n) is 5.49. The minimum atomic E-state index is -0.697. The third kappa shape index (κ3) is 2.16. The molecule has 1 heterocycles. The number of ether oxygens (including phenoxy) is 1. The maximum atomic E-state index is 12.0. The Morgan fingerprint density at radius 2 is 1.93 bits per heavy atom. The van der Waals surface area contributed by atoms with Gasteiger partial charge in [0.25, 0.3) is 0 Å².